The smallest absolute Gasteiger partial charge is 0.225 e. The van der Waals surface area contributed by atoms with Gasteiger partial charge in [0, 0.05) is 21.2 Å². The zero-order valence-electron chi connectivity index (χ0n) is 15.2. The lowest BCUT2D eigenvalue weighted by atomic mass is 9.95. The summed E-state index contributed by atoms with van der Waals surface area (Å²) in [5.41, 5.74) is 1.64. The molecule has 6 nitrogen and oxygen atoms in total. The van der Waals surface area contributed by atoms with Gasteiger partial charge in [-0.15, -0.1) is 28.3 Å². The molecule has 0 radical (unpaired) electrons. The van der Waals surface area contributed by atoms with Gasteiger partial charge >= 0.3 is 0 Å². The lowest BCUT2D eigenvalue weighted by molar-refractivity contribution is -0.481. The molecular weight excluding hydrogens is 454 g/mol. The normalized spacial score (nSPS) is 11.5. The number of aromatic nitrogens is 1. The highest BCUT2D eigenvalue weighted by Crippen LogP contribution is 2.36. The summed E-state index contributed by atoms with van der Waals surface area (Å²) in [6, 6.07) is 7.08. The van der Waals surface area contributed by atoms with Crippen LogP contribution in [0.3, 0.4) is 0 Å². The topological polar surface area (TPSA) is 85.1 Å². The van der Waals surface area contributed by atoms with Crippen LogP contribution in [-0.2, 0) is 11.2 Å². The number of nitrogens with one attached hydrogen (secondary N) is 1. The molecule has 1 aromatic carbocycles. The van der Waals surface area contributed by atoms with Crippen LogP contribution in [0.2, 0.25) is 5.02 Å². The van der Waals surface area contributed by atoms with E-state index in [-0.39, 0.29) is 34.4 Å². The third kappa shape index (κ3) is 6.86. The maximum absolute atomic E-state index is 11.7. The molecule has 0 saturated carbocycles. The second kappa shape index (κ2) is 11.4. The average molecular weight is 477 g/mol. The first kappa shape index (κ1) is 23.5. The second-order valence-corrected chi connectivity index (χ2v) is 7.42. The number of halogens is 2. The van der Waals surface area contributed by atoms with Gasteiger partial charge in [0.15, 0.2) is 5.13 Å². The molecule has 0 aliphatic carbocycles. The van der Waals surface area contributed by atoms with Crippen LogP contribution < -0.4 is 5.32 Å². The van der Waals surface area contributed by atoms with Crippen LogP contribution in [0.5, 0.6) is 0 Å². The molecule has 0 spiro atoms. The molecule has 2 aromatic rings. The molecule has 1 atom stereocenters. The van der Waals surface area contributed by atoms with E-state index in [1.807, 2.05) is 12.1 Å². The van der Waals surface area contributed by atoms with E-state index in [1.54, 1.807) is 19.1 Å². The maximum Gasteiger partial charge on any atom is 0.225 e. The van der Waals surface area contributed by atoms with E-state index < -0.39 is 5.92 Å². The number of amides is 1. The Morgan fingerprint density at radius 2 is 2.00 bits per heavy atom. The van der Waals surface area contributed by atoms with Gasteiger partial charge in [-0.2, -0.15) is 0 Å². The van der Waals surface area contributed by atoms with Crippen LogP contribution in [0.1, 0.15) is 55.2 Å². The molecule has 0 aliphatic heterocycles. The summed E-state index contributed by atoms with van der Waals surface area (Å²) in [5.74, 6) is -0.538. The predicted octanol–water partition coefficient (Wildman–Crippen LogP) is 5.47. The minimum Gasteiger partial charge on any atom is -0.302 e. The molecule has 1 aromatic heterocycles. The molecule has 148 valence electrons. The van der Waals surface area contributed by atoms with Crippen LogP contribution in [-0.4, -0.2) is 22.4 Å². The third-order valence-electron chi connectivity index (χ3n) is 3.98. The Hall–Kier alpha value is -1.51. The molecule has 27 heavy (non-hydrogen) atoms. The first-order valence-corrected chi connectivity index (χ1v) is 9.80. The number of nitrogens with zero attached hydrogens (tertiary/aromatic N) is 2. The highest BCUT2D eigenvalue weighted by Gasteiger charge is 2.27. The number of unbranched alkanes of at least 4 members (excludes halogenated alkanes) is 1. The number of carbonyl (C=O) groups excluding carboxylic acids is 1. The van der Waals surface area contributed by atoms with E-state index in [2.05, 4.69) is 17.2 Å². The van der Waals surface area contributed by atoms with Gasteiger partial charge in [-0.3, -0.25) is 14.9 Å². The van der Waals surface area contributed by atoms with E-state index in [4.69, 9.17) is 11.6 Å². The zero-order chi connectivity index (χ0) is 19.1. The Bertz CT molecular complexity index is 768. The second-order valence-electron chi connectivity index (χ2n) is 5.95. The van der Waals surface area contributed by atoms with Gasteiger partial charge in [-0.05, 0) is 30.5 Å². The molecule has 0 fully saturated rings. The van der Waals surface area contributed by atoms with Gasteiger partial charge in [0.25, 0.3) is 0 Å². The van der Waals surface area contributed by atoms with Gasteiger partial charge in [0.05, 0.1) is 11.6 Å². The number of hydrogen-bond donors (Lipinski definition) is 1. The van der Waals surface area contributed by atoms with Crippen LogP contribution in [0.15, 0.2) is 24.3 Å². The number of rotatable bonds is 9. The summed E-state index contributed by atoms with van der Waals surface area (Å²) in [7, 11) is 0. The van der Waals surface area contributed by atoms with E-state index in [1.165, 1.54) is 11.3 Å². The molecule has 0 bridgehead atoms. The number of carbonyl (C=O) groups is 1. The summed E-state index contributed by atoms with van der Waals surface area (Å²) < 4.78 is 0. The van der Waals surface area contributed by atoms with Crippen molar-refractivity contribution < 1.29 is 9.72 Å². The number of hydrogen-bond acceptors (Lipinski definition) is 5. The van der Waals surface area contributed by atoms with Gasteiger partial charge in [0.1, 0.15) is 0 Å². The fourth-order valence-electron chi connectivity index (χ4n) is 2.60. The van der Waals surface area contributed by atoms with Crippen molar-refractivity contribution in [3.05, 3.63) is 55.5 Å². The van der Waals surface area contributed by atoms with E-state index >= 15 is 0 Å². The van der Waals surface area contributed by atoms with Crippen molar-refractivity contribution in [2.45, 2.75) is 45.4 Å². The minimum absolute atomic E-state index is 0. The average Bonchev–Trinajstić information content (AvgIpc) is 3.00. The number of nitro groups is 1. The van der Waals surface area contributed by atoms with Gasteiger partial charge < -0.3 is 5.32 Å². The third-order valence-corrected chi connectivity index (χ3v) is 5.36. The lowest BCUT2D eigenvalue weighted by Gasteiger charge is -2.13. The van der Waals surface area contributed by atoms with Crippen molar-refractivity contribution in [1.29, 1.82) is 0 Å². The largest absolute Gasteiger partial charge is 0.302 e. The maximum atomic E-state index is 11.7. The van der Waals surface area contributed by atoms with Crippen molar-refractivity contribution in [3.8, 4) is 0 Å². The standard InChI is InChI=1S/C18H22ClN3O3S.BrH/c1-3-5-6-15-17(26-18(20-15)21-16(23)4-2)14(11-22(24)25)12-7-9-13(19)10-8-12;/h7-10,14H,3-6,11H2,1-2H3,(H,20,21,23);1H. The Kier molecular flexibility index (Phi) is 9.90. The monoisotopic (exact) mass is 475 g/mol. The highest BCUT2D eigenvalue weighted by molar-refractivity contribution is 8.93. The SMILES string of the molecule is Br.CCCCc1nc(NC(=O)CC)sc1C(C[N+](=O)[O-])c1ccc(Cl)cc1. The fraction of sp³-hybridized carbons (Fsp3) is 0.444. The van der Waals surface area contributed by atoms with E-state index in [9.17, 15) is 14.9 Å². The van der Waals surface area contributed by atoms with Crippen molar-refractivity contribution in [1.82, 2.24) is 4.98 Å². The van der Waals surface area contributed by atoms with Crippen molar-refractivity contribution in [2.75, 3.05) is 11.9 Å². The molecule has 1 unspecified atom stereocenters. The molecule has 1 amide bonds. The Labute approximate surface area is 178 Å². The summed E-state index contributed by atoms with van der Waals surface area (Å²) in [5, 5.41) is 15.1. The van der Waals surface area contributed by atoms with Crippen LogP contribution in [0.25, 0.3) is 0 Å². The van der Waals surface area contributed by atoms with Gasteiger partial charge in [-0.1, -0.05) is 44.0 Å². The van der Waals surface area contributed by atoms with Crippen molar-refractivity contribution in [3.63, 3.8) is 0 Å². The molecule has 1 N–H and O–H groups in total. The fourth-order valence-corrected chi connectivity index (χ4v) is 3.88. The molecule has 0 saturated heterocycles. The molecule has 1 heterocycles. The summed E-state index contributed by atoms with van der Waals surface area (Å²) >= 11 is 7.28. The molecule has 2 rings (SSSR count). The van der Waals surface area contributed by atoms with Gasteiger partial charge in [-0.25, -0.2) is 4.98 Å². The summed E-state index contributed by atoms with van der Waals surface area (Å²) in [4.78, 5) is 28.0. The number of aryl methyl sites for hydroxylation is 1. The number of thiazole rings is 1. The van der Waals surface area contributed by atoms with Gasteiger partial charge in [0.2, 0.25) is 12.5 Å². The Morgan fingerprint density at radius 1 is 1.33 bits per heavy atom. The highest BCUT2D eigenvalue weighted by atomic mass is 79.9. The minimum atomic E-state index is -0.418. The Morgan fingerprint density at radius 3 is 2.56 bits per heavy atom. The predicted molar refractivity (Wildman–Crippen MR) is 115 cm³/mol. The first-order chi connectivity index (χ1) is 12.4. The molecule has 9 heteroatoms. The van der Waals surface area contributed by atoms with E-state index in [0.717, 1.165) is 35.4 Å². The summed E-state index contributed by atoms with van der Waals surface area (Å²) in [6.07, 6.45) is 3.01. The van der Waals surface area contributed by atoms with Crippen molar-refractivity contribution in [2.24, 2.45) is 0 Å². The number of anilines is 1. The lowest BCUT2D eigenvalue weighted by Crippen LogP contribution is -2.14. The van der Waals surface area contributed by atoms with E-state index in [0.29, 0.717) is 16.6 Å². The van der Waals surface area contributed by atoms with Crippen LogP contribution >= 0.6 is 39.9 Å². The summed E-state index contributed by atoms with van der Waals surface area (Å²) in [6.45, 7) is 3.62. The molecular formula is C18H23BrClN3O3S. The zero-order valence-corrected chi connectivity index (χ0v) is 18.5. The number of benzene rings is 1. The van der Waals surface area contributed by atoms with Crippen LogP contribution in [0.4, 0.5) is 5.13 Å². The first-order valence-electron chi connectivity index (χ1n) is 8.61. The van der Waals surface area contributed by atoms with Crippen molar-refractivity contribution >= 4 is 51.0 Å². The van der Waals surface area contributed by atoms with Crippen LogP contribution in [0, 0.1) is 10.1 Å². The Balaban J connectivity index is 0.00000364. The molecule has 0 aliphatic rings. The quantitative estimate of drug-likeness (QED) is 0.384.